The summed E-state index contributed by atoms with van der Waals surface area (Å²) in [7, 11) is 0. The van der Waals surface area contributed by atoms with Crippen molar-refractivity contribution in [2.24, 2.45) is 0 Å². The molecule has 1 atom stereocenters. The van der Waals surface area contributed by atoms with E-state index in [0.29, 0.717) is 4.76 Å². The molecule has 1 aromatic carbocycles. The van der Waals surface area contributed by atoms with Crippen molar-refractivity contribution in [2.75, 3.05) is 0 Å². The summed E-state index contributed by atoms with van der Waals surface area (Å²) in [6, 6.07) is 6.06. The van der Waals surface area contributed by atoms with Gasteiger partial charge in [-0.05, 0) is 11.3 Å². The van der Waals surface area contributed by atoms with Gasteiger partial charge in [0.2, 0.25) is 6.20 Å². The fourth-order valence-corrected chi connectivity index (χ4v) is 1.42. The Labute approximate surface area is 79.4 Å². The maximum atomic E-state index is 11.2. The molecule has 14 heavy (non-hydrogen) atoms. The Morgan fingerprint density at radius 2 is 1.93 bits per heavy atom. The van der Waals surface area contributed by atoms with Crippen LogP contribution in [0.3, 0.4) is 0 Å². The van der Waals surface area contributed by atoms with E-state index in [-0.39, 0.29) is 0 Å². The molecule has 1 aliphatic rings. The number of benzene rings is 1. The first kappa shape index (κ1) is 8.62. The minimum absolute atomic E-state index is 0.449. The van der Waals surface area contributed by atoms with Crippen LogP contribution in [0.1, 0.15) is 0 Å². The lowest BCUT2D eigenvalue weighted by atomic mass is 10.1. The van der Waals surface area contributed by atoms with Gasteiger partial charge >= 0.3 is 12.0 Å². The second kappa shape index (κ2) is 3.06. The zero-order valence-corrected chi connectivity index (χ0v) is 7.25. The van der Waals surface area contributed by atoms with Gasteiger partial charge in [-0.2, -0.15) is 0 Å². The Kier molecular flexibility index (Phi) is 1.89. The fraction of sp³-hybridized carbons (Fsp3) is 0.100. The highest BCUT2D eigenvalue weighted by Crippen LogP contribution is 1.97. The first-order chi connectivity index (χ1) is 6.68. The molecule has 1 aliphatic heterocycles. The van der Waals surface area contributed by atoms with Gasteiger partial charge in [-0.15, -0.1) is 0 Å². The third-order valence-electron chi connectivity index (χ3n) is 2.13. The molecule has 0 saturated carbocycles. The summed E-state index contributed by atoms with van der Waals surface area (Å²) in [5, 5.41) is 10.3. The molecule has 2 rings (SSSR count). The van der Waals surface area contributed by atoms with Gasteiger partial charge in [-0.1, -0.05) is 18.2 Å². The topological polar surface area (TPSA) is 57.4 Å². The van der Waals surface area contributed by atoms with E-state index >= 15 is 0 Å². The van der Waals surface area contributed by atoms with Gasteiger partial charge in [0.05, 0.1) is 5.22 Å². The Balaban J connectivity index is 2.67. The number of carboxylic acid groups (broad SMARTS) is 1. The van der Waals surface area contributed by atoms with Crippen LogP contribution in [0.25, 0.3) is 12.3 Å². The van der Waals surface area contributed by atoms with E-state index in [0.717, 1.165) is 10.4 Å². The molecule has 1 aromatic rings. The molecule has 0 spiro atoms. The number of nitroso groups, excluding NO2 is 1. The van der Waals surface area contributed by atoms with Crippen LogP contribution in [0.4, 0.5) is 0 Å². The van der Waals surface area contributed by atoms with E-state index < -0.39 is 12.0 Å². The van der Waals surface area contributed by atoms with E-state index in [1.807, 2.05) is 6.07 Å². The molecule has 4 nitrogen and oxygen atoms in total. The molecule has 0 fully saturated rings. The second-order valence-corrected chi connectivity index (χ2v) is 3.07. The molecular weight excluding hydrogens is 182 g/mol. The van der Waals surface area contributed by atoms with Gasteiger partial charge in [0.25, 0.3) is 0 Å². The average Bonchev–Trinajstić information content (AvgIpc) is 2.16. The number of carboxylic acids is 1. The summed E-state index contributed by atoms with van der Waals surface area (Å²) in [6.07, 6.45) is 2.75. The van der Waals surface area contributed by atoms with E-state index in [2.05, 4.69) is 0 Å². The zero-order chi connectivity index (χ0) is 10.1. The summed E-state index contributed by atoms with van der Waals surface area (Å²) in [6.45, 7) is 0. The summed E-state index contributed by atoms with van der Waals surface area (Å²) >= 11 is 0. The summed E-state index contributed by atoms with van der Waals surface area (Å²) in [4.78, 5) is 21.9. The van der Waals surface area contributed by atoms with Gasteiger partial charge in [-0.25, -0.2) is 4.79 Å². The highest BCUT2D eigenvalue weighted by Gasteiger charge is 2.31. The Morgan fingerprint density at radius 1 is 1.29 bits per heavy atom. The van der Waals surface area contributed by atoms with Crippen molar-refractivity contribution in [2.45, 2.75) is 6.04 Å². The van der Waals surface area contributed by atoms with Gasteiger partial charge in [-0.3, -0.25) is 0 Å². The molecule has 0 bridgehead atoms. The third-order valence-corrected chi connectivity index (χ3v) is 2.13. The maximum absolute atomic E-state index is 11.2. The largest absolute Gasteiger partial charge is 0.476 e. The van der Waals surface area contributed by atoms with Crippen molar-refractivity contribution in [1.82, 2.24) is 0 Å². The van der Waals surface area contributed by atoms with Crippen molar-refractivity contribution >= 4 is 18.2 Å². The number of hydrogen-bond donors (Lipinski definition) is 1. The molecule has 0 radical (unpaired) electrons. The van der Waals surface area contributed by atoms with Gasteiger partial charge in [0.15, 0.2) is 0 Å². The summed E-state index contributed by atoms with van der Waals surface area (Å²) in [5.74, 6) is -1.13. The number of aliphatic carboxylic acids is 1. The van der Waals surface area contributed by atoms with Crippen LogP contribution in [0.15, 0.2) is 24.3 Å². The Hall–Kier alpha value is -1.97. The van der Waals surface area contributed by atoms with Gasteiger partial charge < -0.3 is 5.11 Å². The lowest BCUT2D eigenvalue weighted by Crippen LogP contribution is -2.39. The van der Waals surface area contributed by atoms with E-state index in [1.54, 1.807) is 18.2 Å². The predicted octanol–water partition coefficient (Wildman–Crippen LogP) is -0.549. The van der Waals surface area contributed by atoms with E-state index in [4.69, 9.17) is 5.11 Å². The molecule has 1 heterocycles. The normalized spacial score (nSPS) is 19.1. The van der Waals surface area contributed by atoms with Crippen molar-refractivity contribution in [3.8, 4) is 0 Å². The number of rotatable bonds is 1. The van der Waals surface area contributed by atoms with Crippen LogP contribution < -0.4 is 10.4 Å². The van der Waals surface area contributed by atoms with E-state index in [9.17, 15) is 9.70 Å². The predicted molar refractivity (Wildman–Crippen MR) is 49.7 cm³/mol. The summed E-state index contributed by atoms with van der Waals surface area (Å²) in [5.41, 5.74) is 0. The molecule has 0 aromatic heterocycles. The van der Waals surface area contributed by atoms with Crippen molar-refractivity contribution < 1.29 is 14.7 Å². The van der Waals surface area contributed by atoms with Crippen molar-refractivity contribution in [1.29, 1.82) is 0 Å². The number of hydrogen-bond acceptors (Lipinski definition) is 2. The van der Waals surface area contributed by atoms with E-state index in [1.165, 1.54) is 12.3 Å². The molecule has 70 valence electrons. The highest BCUT2D eigenvalue weighted by atomic mass is 16.4. The van der Waals surface area contributed by atoms with Gasteiger partial charge in [0.1, 0.15) is 0 Å². The standard InChI is InChI=1S/C10H7NO3/c12-10(13)9-5-7-3-1-2-4-8(7)6-11(9)14/h1-6,9H/p+1. The molecular formula is C10H8NO3+. The van der Waals surface area contributed by atoms with Crippen LogP contribution in [-0.4, -0.2) is 21.9 Å². The van der Waals surface area contributed by atoms with Crippen LogP contribution in [-0.2, 0) is 4.79 Å². The van der Waals surface area contributed by atoms with Gasteiger partial charge in [0, 0.05) is 15.7 Å². The zero-order valence-electron chi connectivity index (χ0n) is 7.25. The van der Waals surface area contributed by atoms with Crippen molar-refractivity contribution in [3.63, 3.8) is 0 Å². The second-order valence-electron chi connectivity index (χ2n) is 3.07. The first-order valence-electron chi connectivity index (χ1n) is 4.15. The fourth-order valence-electron chi connectivity index (χ4n) is 1.42. The number of nitrogens with zero attached hydrogens (tertiary/aromatic N) is 1. The summed E-state index contributed by atoms with van der Waals surface area (Å²) < 4.78 is 0.449. The Morgan fingerprint density at radius 3 is 2.57 bits per heavy atom. The molecule has 4 heteroatoms. The lowest BCUT2D eigenvalue weighted by Gasteiger charge is -2.00. The highest BCUT2D eigenvalue weighted by molar-refractivity contribution is 5.80. The minimum Gasteiger partial charge on any atom is -0.476 e. The first-order valence-corrected chi connectivity index (χ1v) is 4.15. The van der Waals surface area contributed by atoms with Crippen LogP contribution in [0.2, 0.25) is 0 Å². The lowest BCUT2D eigenvalue weighted by molar-refractivity contribution is -0.459. The Bertz CT molecular complexity index is 518. The van der Waals surface area contributed by atoms with Crippen LogP contribution in [0.5, 0.6) is 0 Å². The quantitative estimate of drug-likeness (QED) is 0.604. The number of carbonyl (C=O) groups is 1. The maximum Gasteiger partial charge on any atom is 0.382 e. The van der Waals surface area contributed by atoms with Crippen molar-refractivity contribution in [3.05, 3.63) is 39.6 Å². The molecule has 0 aliphatic carbocycles. The molecule has 0 amide bonds. The SMILES string of the molecule is O=C(O)C1C=c2ccccc2=C[N+]1=O. The smallest absolute Gasteiger partial charge is 0.382 e. The third kappa shape index (κ3) is 1.31. The molecule has 1 unspecified atom stereocenters. The minimum atomic E-state index is -1.13. The van der Waals surface area contributed by atoms with Crippen LogP contribution in [0, 0.1) is 4.91 Å². The van der Waals surface area contributed by atoms with Crippen LogP contribution >= 0.6 is 0 Å². The molecule has 0 saturated heterocycles. The molecule has 1 N–H and O–H groups in total. The monoisotopic (exact) mass is 190 g/mol. The number of fused-ring (bicyclic) bond motifs is 1. The average molecular weight is 190 g/mol.